The number of aliphatic hydroxyl groups excluding tert-OH is 2. The topological polar surface area (TPSA) is 74.6 Å². The number of carbonyl (C=O) groups is 2. The second-order valence-corrected chi connectivity index (χ2v) is 4.08. The molecule has 0 spiro atoms. The summed E-state index contributed by atoms with van der Waals surface area (Å²) in [5.41, 5.74) is 1.75. The maximum absolute atomic E-state index is 11.7. The zero-order chi connectivity index (χ0) is 12.6. The highest BCUT2D eigenvalue weighted by Crippen LogP contribution is 2.23. The molecule has 0 amide bonds. The molecule has 0 saturated heterocycles. The van der Waals surface area contributed by atoms with E-state index in [-0.39, 0.29) is 5.57 Å². The fourth-order valence-electron chi connectivity index (χ4n) is 1.72. The molecular weight excluding hydrogens is 220 g/mol. The van der Waals surface area contributed by atoms with E-state index in [9.17, 15) is 19.8 Å². The maximum atomic E-state index is 11.7. The van der Waals surface area contributed by atoms with Crippen molar-refractivity contribution in [2.75, 3.05) is 0 Å². The van der Waals surface area contributed by atoms with Crippen LogP contribution in [0.1, 0.15) is 11.1 Å². The molecule has 0 bridgehead atoms. The van der Waals surface area contributed by atoms with Gasteiger partial charge in [-0.3, -0.25) is 9.59 Å². The standard InChI is InChI=1S/C13H12O4/c1-7-2-4-8(5-3-7)9-6-10(14)12(16)13(17)11(9)15/h2-6,12-13,16-17H,1H3/t12-,13+/m1/s1. The predicted octanol–water partition coefficient (Wildman–Crippen LogP) is 0.252. The third-order valence-electron chi connectivity index (χ3n) is 2.77. The van der Waals surface area contributed by atoms with Crippen molar-refractivity contribution in [2.24, 2.45) is 0 Å². The monoisotopic (exact) mass is 232 g/mol. The van der Waals surface area contributed by atoms with Crippen LogP contribution in [-0.4, -0.2) is 34.0 Å². The normalized spacial score (nSPS) is 24.8. The fourth-order valence-corrected chi connectivity index (χ4v) is 1.72. The lowest BCUT2D eigenvalue weighted by atomic mass is 9.88. The van der Waals surface area contributed by atoms with E-state index < -0.39 is 23.8 Å². The molecule has 1 aliphatic carbocycles. The van der Waals surface area contributed by atoms with E-state index in [2.05, 4.69) is 0 Å². The number of aryl methyl sites for hydroxylation is 1. The first-order valence-corrected chi connectivity index (χ1v) is 5.23. The van der Waals surface area contributed by atoms with Crippen molar-refractivity contribution in [3.05, 3.63) is 41.5 Å². The van der Waals surface area contributed by atoms with Crippen molar-refractivity contribution in [2.45, 2.75) is 19.1 Å². The molecule has 0 saturated carbocycles. The van der Waals surface area contributed by atoms with Crippen LogP contribution in [0.5, 0.6) is 0 Å². The zero-order valence-electron chi connectivity index (χ0n) is 9.25. The van der Waals surface area contributed by atoms with Crippen molar-refractivity contribution in [1.29, 1.82) is 0 Å². The lowest BCUT2D eigenvalue weighted by Crippen LogP contribution is -2.43. The van der Waals surface area contributed by atoms with Gasteiger partial charge in [-0.1, -0.05) is 29.8 Å². The van der Waals surface area contributed by atoms with Gasteiger partial charge in [0.15, 0.2) is 17.7 Å². The van der Waals surface area contributed by atoms with Crippen molar-refractivity contribution < 1.29 is 19.8 Å². The number of hydrogen-bond acceptors (Lipinski definition) is 4. The van der Waals surface area contributed by atoms with Gasteiger partial charge in [-0.05, 0) is 18.6 Å². The molecule has 0 heterocycles. The molecule has 0 fully saturated rings. The second-order valence-electron chi connectivity index (χ2n) is 4.08. The van der Waals surface area contributed by atoms with Gasteiger partial charge in [-0.15, -0.1) is 0 Å². The van der Waals surface area contributed by atoms with Crippen molar-refractivity contribution in [3.8, 4) is 0 Å². The minimum atomic E-state index is -1.66. The van der Waals surface area contributed by atoms with Gasteiger partial charge in [0.05, 0.1) is 0 Å². The minimum absolute atomic E-state index is 0.146. The lowest BCUT2D eigenvalue weighted by molar-refractivity contribution is -0.138. The quantitative estimate of drug-likeness (QED) is 0.728. The van der Waals surface area contributed by atoms with Gasteiger partial charge in [-0.25, -0.2) is 0 Å². The van der Waals surface area contributed by atoms with Crippen LogP contribution in [0.25, 0.3) is 5.57 Å². The van der Waals surface area contributed by atoms with Crippen molar-refractivity contribution in [3.63, 3.8) is 0 Å². The van der Waals surface area contributed by atoms with E-state index in [1.54, 1.807) is 12.1 Å². The van der Waals surface area contributed by atoms with E-state index in [4.69, 9.17) is 0 Å². The zero-order valence-corrected chi connectivity index (χ0v) is 9.25. The molecule has 17 heavy (non-hydrogen) atoms. The number of Topliss-reactive ketones (excluding diaryl/α,β-unsaturated/α-hetero) is 1. The number of carbonyl (C=O) groups excluding carboxylic acids is 2. The number of benzene rings is 1. The molecule has 2 N–H and O–H groups in total. The first-order valence-electron chi connectivity index (χ1n) is 5.23. The largest absolute Gasteiger partial charge is 0.382 e. The van der Waals surface area contributed by atoms with Crippen molar-refractivity contribution in [1.82, 2.24) is 0 Å². The van der Waals surface area contributed by atoms with Crippen LogP contribution >= 0.6 is 0 Å². The Bertz CT molecular complexity index is 499. The average Bonchev–Trinajstić information content (AvgIpc) is 2.32. The molecule has 0 radical (unpaired) electrons. The van der Waals surface area contributed by atoms with Gasteiger partial charge in [0.1, 0.15) is 6.10 Å². The predicted molar refractivity (Wildman–Crippen MR) is 61.2 cm³/mol. The molecule has 0 aliphatic heterocycles. The molecule has 88 valence electrons. The highest BCUT2D eigenvalue weighted by Gasteiger charge is 2.36. The summed E-state index contributed by atoms with van der Waals surface area (Å²) in [6.45, 7) is 1.91. The summed E-state index contributed by atoms with van der Waals surface area (Å²) in [6.07, 6.45) is -2.22. The van der Waals surface area contributed by atoms with Gasteiger partial charge in [0, 0.05) is 5.57 Å². The Hall–Kier alpha value is -1.78. The number of aliphatic hydroxyl groups is 2. The molecule has 2 rings (SSSR count). The Balaban J connectivity index is 2.45. The van der Waals surface area contributed by atoms with Gasteiger partial charge >= 0.3 is 0 Å². The highest BCUT2D eigenvalue weighted by atomic mass is 16.3. The molecule has 4 heteroatoms. The van der Waals surface area contributed by atoms with Crippen LogP contribution in [-0.2, 0) is 9.59 Å². The van der Waals surface area contributed by atoms with Crippen LogP contribution in [0.2, 0.25) is 0 Å². The third-order valence-corrected chi connectivity index (χ3v) is 2.77. The van der Waals surface area contributed by atoms with Crippen LogP contribution in [0.4, 0.5) is 0 Å². The summed E-state index contributed by atoms with van der Waals surface area (Å²) in [5.74, 6) is -1.27. The molecular formula is C13H12O4. The number of hydrogen-bond donors (Lipinski definition) is 2. The summed E-state index contributed by atoms with van der Waals surface area (Å²) in [5, 5.41) is 18.7. The third kappa shape index (κ3) is 2.05. The van der Waals surface area contributed by atoms with Crippen molar-refractivity contribution >= 4 is 17.1 Å². The molecule has 2 atom stereocenters. The number of rotatable bonds is 1. The molecule has 4 nitrogen and oxygen atoms in total. The molecule has 0 unspecified atom stereocenters. The van der Waals surface area contributed by atoms with E-state index in [1.807, 2.05) is 19.1 Å². The van der Waals surface area contributed by atoms with Gasteiger partial charge in [-0.2, -0.15) is 0 Å². The smallest absolute Gasteiger partial charge is 0.195 e. The summed E-state index contributed by atoms with van der Waals surface area (Å²) in [7, 11) is 0. The highest BCUT2D eigenvalue weighted by molar-refractivity contribution is 6.30. The fraction of sp³-hybridized carbons (Fsp3) is 0.231. The van der Waals surface area contributed by atoms with Crippen LogP contribution in [0, 0.1) is 6.92 Å². The molecule has 0 aromatic heterocycles. The van der Waals surface area contributed by atoms with Crippen LogP contribution < -0.4 is 0 Å². The van der Waals surface area contributed by atoms with Crippen LogP contribution in [0.15, 0.2) is 30.3 Å². The summed E-state index contributed by atoms with van der Waals surface area (Å²) < 4.78 is 0. The average molecular weight is 232 g/mol. The van der Waals surface area contributed by atoms with Gasteiger partial charge in [0.2, 0.25) is 0 Å². The van der Waals surface area contributed by atoms with E-state index in [0.717, 1.165) is 11.6 Å². The van der Waals surface area contributed by atoms with Crippen LogP contribution in [0.3, 0.4) is 0 Å². The first kappa shape index (κ1) is 11.7. The van der Waals surface area contributed by atoms with E-state index in [1.165, 1.54) is 0 Å². The van der Waals surface area contributed by atoms with E-state index in [0.29, 0.717) is 5.56 Å². The second kappa shape index (κ2) is 4.24. The molecule has 1 aliphatic rings. The first-order chi connectivity index (χ1) is 8.00. The Morgan fingerprint density at radius 1 is 1.00 bits per heavy atom. The minimum Gasteiger partial charge on any atom is -0.382 e. The lowest BCUT2D eigenvalue weighted by Gasteiger charge is -2.21. The Kier molecular flexibility index (Phi) is 2.92. The van der Waals surface area contributed by atoms with Gasteiger partial charge in [0.25, 0.3) is 0 Å². The summed E-state index contributed by atoms with van der Waals surface area (Å²) in [4.78, 5) is 23.1. The van der Waals surface area contributed by atoms with E-state index >= 15 is 0 Å². The molecule has 1 aromatic rings. The Morgan fingerprint density at radius 2 is 1.59 bits per heavy atom. The van der Waals surface area contributed by atoms with Gasteiger partial charge < -0.3 is 10.2 Å². The Labute approximate surface area is 98.2 Å². The summed E-state index contributed by atoms with van der Waals surface area (Å²) in [6, 6.07) is 7.03. The number of ketones is 2. The molecule has 1 aromatic carbocycles. The SMILES string of the molecule is Cc1ccc(C2=CC(=O)[C@@H](O)[C@@H](O)C2=O)cc1. The maximum Gasteiger partial charge on any atom is 0.195 e. The summed E-state index contributed by atoms with van der Waals surface area (Å²) >= 11 is 0. The Morgan fingerprint density at radius 3 is 2.18 bits per heavy atom.